The number of allylic oxidation sites excluding steroid dienone is 5. The number of hydrogen-bond acceptors (Lipinski definition) is 3. The van der Waals surface area contributed by atoms with Gasteiger partial charge in [-0.3, -0.25) is 9.59 Å². The van der Waals surface area contributed by atoms with Gasteiger partial charge in [-0.05, 0) is 55.8 Å². The molecular weight excluding hydrogens is 324 g/mol. The Morgan fingerprint density at radius 3 is 2.65 bits per heavy atom. The van der Waals surface area contributed by atoms with Gasteiger partial charge in [0.05, 0.1) is 6.61 Å². The molecule has 0 amide bonds. The molecule has 2 bridgehead atoms. The van der Waals surface area contributed by atoms with E-state index < -0.39 is 0 Å². The van der Waals surface area contributed by atoms with Crippen LogP contribution in [0, 0.1) is 22.7 Å². The van der Waals surface area contributed by atoms with Crippen molar-refractivity contribution in [1.82, 2.24) is 0 Å². The van der Waals surface area contributed by atoms with Crippen LogP contribution in [0.3, 0.4) is 0 Å². The van der Waals surface area contributed by atoms with Crippen LogP contribution in [0.1, 0.15) is 52.9 Å². The quantitative estimate of drug-likeness (QED) is 0.534. The topological polar surface area (TPSA) is 43.4 Å². The van der Waals surface area contributed by atoms with E-state index in [9.17, 15) is 9.59 Å². The highest BCUT2D eigenvalue weighted by Crippen LogP contribution is 2.67. The van der Waals surface area contributed by atoms with Crippen molar-refractivity contribution in [3.63, 3.8) is 0 Å². The van der Waals surface area contributed by atoms with E-state index in [1.807, 2.05) is 6.92 Å². The van der Waals surface area contributed by atoms with E-state index in [0.29, 0.717) is 30.1 Å². The molecule has 0 saturated heterocycles. The van der Waals surface area contributed by atoms with Gasteiger partial charge in [-0.25, -0.2) is 0 Å². The maximum absolute atomic E-state index is 13.1. The Balaban J connectivity index is 1.86. The molecule has 0 aromatic rings. The van der Waals surface area contributed by atoms with Crippen LogP contribution in [0.4, 0.5) is 0 Å². The van der Waals surface area contributed by atoms with Crippen molar-refractivity contribution >= 4 is 11.6 Å². The summed E-state index contributed by atoms with van der Waals surface area (Å²) < 4.78 is 5.47. The molecule has 3 heteroatoms. The van der Waals surface area contributed by atoms with Crippen molar-refractivity contribution in [2.45, 2.75) is 52.9 Å². The highest BCUT2D eigenvalue weighted by Gasteiger charge is 2.60. The summed E-state index contributed by atoms with van der Waals surface area (Å²) in [6, 6.07) is 0. The summed E-state index contributed by atoms with van der Waals surface area (Å²) in [6.45, 7) is 15.6. The molecule has 4 atom stereocenters. The zero-order valence-electron chi connectivity index (χ0n) is 16.1. The minimum absolute atomic E-state index is 0.00759. The second-order valence-electron chi connectivity index (χ2n) is 8.87. The molecule has 3 nitrogen and oxygen atoms in total. The second-order valence-corrected chi connectivity index (χ2v) is 8.87. The van der Waals surface area contributed by atoms with Gasteiger partial charge in [0.1, 0.15) is 0 Å². The lowest BCUT2D eigenvalue weighted by Crippen LogP contribution is -2.54. The molecule has 0 radical (unpaired) electrons. The van der Waals surface area contributed by atoms with Crippen molar-refractivity contribution < 1.29 is 14.3 Å². The Kier molecular flexibility index (Phi) is 3.74. The largest absolute Gasteiger partial charge is 0.490 e. The second kappa shape index (κ2) is 5.55. The Morgan fingerprint density at radius 2 is 1.96 bits per heavy atom. The van der Waals surface area contributed by atoms with Crippen LogP contribution in [-0.2, 0) is 14.3 Å². The van der Waals surface area contributed by atoms with Gasteiger partial charge in [-0.2, -0.15) is 0 Å². The summed E-state index contributed by atoms with van der Waals surface area (Å²) in [6.07, 6.45) is 6.21. The van der Waals surface area contributed by atoms with E-state index in [4.69, 9.17) is 4.74 Å². The van der Waals surface area contributed by atoms with E-state index in [1.54, 1.807) is 0 Å². The zero-order chi connectivity index (χ0) is 18.9. The standard InChI is InChI=1S/C23H28O3/c1-6-26-18-10-17(24)16-12-23(5)14(3)15(20(16)21(18)25)11-22(4)13(2)8-7-9-19(22)23/h10,15,19H,2-3,6-9,11-12H2,1,4-5H3. The normalized spacial score (nSPS) is 39.4. The summed E-state index contributed by atoms with van der Waals surface area (Å²) in [5, 5.41) is 0. The van der Waals surface area contributed by atoms with Crippen molar-refractivity contribution in [3.8, 4) is 0 Å². The van der Waals surface area contributed by atoms with Crippen LogP contribution >= 0.6 is 0 Å². The summed E-state index contributed by atoms with van der Waals surface area (Å²) in [4.78, 5) is 26.0. The van der Waals surface area contributed by atoms with Crippen LogP contribution in [0.15, 0.2) is 47.3 Å². The van der Waals surface area contributed by atoms with Crippen LogP contribution in [0.5, 0.6) is 0 Å². The number of hydrogen-bond donors (Lipinski definition) is 0. The lowest BCUT2D eigenvalue weighted by atomic mass is 9.42. The van der Waals surface area contributed by atoms with Crippen molar-refractivity contribution in [2.75, 3.05) is 6.61 Å². The number of rotatable bonds is 2. The van der Waals surface area contributed by atoms with Crippen LogP contribution in [-0.4, -0.2) is 18.2 Å². The molecule has 0 aromatic carbocycles. The maximum Gasteiger partial charge on any atom is 0.224 e. The minimum Gasteiger partial charge on any atom is -0.490 e. The fourth-order valence-corrected chi connectivity index (χ4v) is 6.22. The molecule has 138 valence electrons. The number of Topliss-reactive ketones (excluding diaryl/α,β-unsaturated/α-hetero) is 1. The smallest absolute Gasteiger partial charge is 0.224 e. The van der Waals surface area contributed by atoms with E-state index in [1.165, 1.54) is 11.6 Å². The maximum atomic E-state index is 13.1. The molecule has 2 fully saturated rings. The Bertz CT molecular complexity index is 811. The summed E-state index contributed by atoms with van der Waals surface area (Å²) >= 11 is 0. The zero-order valence-corrected chi connectivity index (χ0v) is 16.1. The third kappa shape index (κ3) is 2.06. The summed E-state index contributed by atoms with van der Waals surface area (Å²) in [5.41, 5.74) is 3.66. The first-order valence-corrected chi connectivity index (χ1v) is 9.78. The van der Waals surface area contributed by atoms with E-state index in [0.717, 1.165) is 31.3 Å². The van der Waals surface area contributed by atoms with Gasteiger partial charge in [0.2, 0.25) is 5.78 Å². The molecule has 26 heavy (non-hydrogen) atoms. The highest BCUT2D eigenvalue weighted by molar-refractivity contribution is 6.22. The monoisotopic (exact) mass is 352 g/mol. The molecule has 0 spiro atoms. The molecule has 4 aliphatic rings. The van der Waals surface area contributed by atoms with Crippen molar-refractivity contribution in [2.24, 2.45) is 22.7 Å². The third-order valence-corrected chi connectivity index (χ3v) is 7.65. The first-order valence-electron chi connectivity index (χ1n) is 9.78. The predicted molar refractivity (Wildman–Crippen MR) is 101 cm³/mol. The average Bonchev–Trinajstić information content (AvgIpc) is 2.58. The Morgan fingerprint density at radius 1 is 1.23 bits per heavy atom. The average molecular weight is 352 g/mol. The first-order chi connectivity index (χ1) is 12.2. The number of ether oxygens (including phenoxy) is 1. The molecule has 0 heterocycles. The molecule has 0 aliphatic heterocycles. The molecule has 4 rings (SSSR count). The van der Waals surface area contributed by atoms with Gasteiger partial charge in [0.25, 0.3) is 0 Å². The Labute approximate surface area is 155 Å². The van der Waals surface area contributed by atoms with Crippen molar-refractivity contribution in [1.29, 1.82) is 0 Å². The predicted octanol–water partition coefficient (Wildman–Crippen LogP) is 4.70. The van der Waals surface area contributed by atoms with E-state index in [-0.39, 0.29) is 34.1 Å². The Hall–Kier alpha value is -1.90. The fourth-order valence-electron chi connectivity index (χ4n) is 6.22. The lowest BCUT2D eigenvalue weighted by Gasteiger charge is -2.61. The number of fused-ring (bicyclic) bond motifs is 5. The first kappa shape index (κ1) is 17.5. The SMILES string of the molecule is C=C1CCCC2C1(C)CC1C(=C)C2(C)CC2=C1C(=O)C(OCC)=CC2=O. The van der Waals surface area contributed by atoms with E-state index in [2.05, 4.69) is 27.0 Å². The van der Waals surface area contributed by atoms with E-state index >= 15 is 0 Å². The molecule has 4 unspecified atom stereocenters. The number of ketones is 2. The van der Waals surface area contributed by atoms with Gasteiger partial charge in [0, 0.05) is 23.1 Å². The van der Waals surface area contributed by atoms with Crippen molar-refractivity contribution in [3.05, 3.63) is 47.3 Å². The number of carbonyl (C=O) groups excluding carboxylic acids is 2. The lowest BCUT2D eigenvalue weighted by molar-refractivity contribution is -0.120. The molecular formula is C23H28O3. The number of carbonyl (C=O) groups is 2. The van der Waals surface area contributed by atoms with Crippen LogP contribution < -0.4 is 0 Å². The van der Waals surface area contributed by atoms with Gasteiger partial charge >= 0.3 is 0 Å². The highest BCUT2D eigenvalue weighted by atomic mass is 16.5. The molecule has 0 aromatic heterocycles. The molecule has 2 saturated carbocycles. The summed E-state index contributed by atoms with van der Waals surface area (Å²) in [7, 11) is 0. The van der Waals surface area contributed by atoms with Gasteiger partial charge < -0.3 is 4.74 Å². The van der Waals surface area contributed by atoms with Gasteiger partial charge in [-0.15, -0.1) is 0 Å². The van der Waals surface area contributed by atoms with Gasteiger partial charge in [-0.1, -0.05) is 38.2 Å². The molecule has 0 N–H and O–H groups in total. The van der Waals surface area contributed by atoms with Crippen LogP contribution in [0.25, 0.3) is 0 Å². The third-order valence-electron chi connectivity index (χ3n) is 7.65. The molecule has 4 aliphatic carbocycles. The minimum atomic E-state index is -0.146. The van der Waals surface area contributed by atoms with Crippen LogP contribution in [0.2, 0.25) is 0 Å². The fraction of sp³-hybridized carbons (Fsp3) is 0.565. The summed E-state index contributed by atoms with van der Waals surface area (Å²) in [5.74, 6) is 0.403. The van der Waals surface area contributed by atoms with Gasteiger partial charge in [0.15, 0.2) is 11.5 Å².